The largest absolute Gasteiger partial charge is 0.361 e. The van der Waals surface area contributed by atoms with Crippen LogP contribution in [0, 0.1) is 13.8 Å². The number of aromatic nitrogens is 3. The van der Waals surface area contributed by atoms with Gasteiger partial charge in [-0.05, 0) is 38.8 Å². The first-order valence-electron chi connectivity index (χ1n) is 6.86. The summed E-state index contributed by atoms with van der Waals surface area (Å²) < 4.78 is 7.19. The van der Waals surface area contributed by atoms with Gasteiger partial charge in [0.1, 0.15) is 5.76 Å². The Morgan fingerprint density at radius 3 is 3.00 bits per heavy atom. The van der Waals surface area contributed by atoms with Crippen LogP contribution in [0.25, 0.3) is 0 Å². The SMILES string of the molecule is Cc1cnn(CC2CCCN2Cc2cc(C)on2)c1. The van der Waals surface area contributed by atoms with Gasteiger partial charge in [0, 0.05) is 24.8 Å². The van der Waals surface area contributed by atoms with Crippen molar-refractivity contribution in [1.82, 2.24) is 19.8 Å². The summed E-state index contributed by atoms with van der Waals surface area (Å²) in [5.41, 5.74) is 2.25. The lowest BCUT2D eigenvalue weighted by atomic mass is 10.2. The Hall–Kier alpha value is -1.62. The van der Waals surface area contributed by atoms with Crippen LogP contribution >= 0.6 is 0 Å². The fourth-order valence-corrected chi connectivity index (χ4v) is 2.79. The molecule has 1 atom stereocenters. The first-order chi connectivity index (χ1) is 9.20. The van der Waals surface area contributed by atoms with Gasteiger partial charge in [-0.25, -0.2) is 0 Å². The smallest absolute Gasteiger partial charge is 0.133 e. The molecule has 5 nitrogen and oxygen atoms in total. The topological polar surface area (TPSA) is 47.1 Å². The van der Waals surface area contributed by atoms with Crippen molar-refractivity contribution < 1.29 is 4.52 Å². The van der Waals surface area contributed by atoms with Crippen LogP contribution in [0.2, 0.25) is 0 Å². The van der Waals surface area contributed by atoms with Gasteiger partial charge in [-0.1, -0.05) is 5.16 Å². The van der Waals surface area contributed by atoms with Gasteiger partial charge < -0.3 is 4.52 Å². The fraction of sp³-hybridized carbons (Fsp3) is 0.571. The molecule has 2 aromatic rings. The van der Waals surface area contributed by atoms with Crippen molar-refractivity contribution in [3.63, 3.8) is 0 Å². The maximum atomic E-state index is 5.14. The van der Waals surface area contributed by atoms with Crippen LogP contribution in [0.4, 0.5) is 0 Å². The molecule has 0 radical (unpaired) electrons. The van der Waals surface area contributed by atoms with E-state index in [-0.39, 0.29) is 0 Å². The molecule has 1 unspecified atom stereocenters. The zero-order valence-electron chi connectivity index (χ0n) is 11.5. The molecule has 0 spiro atoms. The molecule has 1 aliphatic rings. The summed E-state index contributed by atoms with van der Waals surface area (Å²) in [5.74, 6) is 0.883. The Balaban J connectivity index is 1.64. The van der Waals surface area contributed by atoms with Gasteiger partial charge in [0.05, 0.1) is 18.4 Å². The lowest BCUT2D eigenvalue weighted by Crippen LogP contribution is -2.32. The van der Waals surface area contributed by atoms with E-state index in [1.165, 1.54) is 18.4 Å². The second-order valence-electron chi connectivity index (χ2n) is 5.44. The van der Waals surface area contributed by atoms with Gasteiger partial charge in [0.25, 0.3) is 0 Å². The van der Waals surface area contributed by atoms with Gasteiger partial charge in [-0.15, -0.1) is 0 Å². The molecule has 1 fully saturated rings. The van der Waals surface area contributed by atoms with Crippen molar-refractivity contribution in [1.29, 1.82) is 0 Å². The molecular formula is C14H20N4O. The molecule has 1 saturated heterocycles. The Labute approximate surface area is 113 Å². The number of likely N-dealkylation sites (tertiary alicyclic amines) is 1. The van der Waals surface area contributed by atoms with Crippen molar-refractivity contribution in [2.45, 2.75) is 45.8 Å². The zero-order chi connectivity index (χ0) is 13.2. The molecule has 3 heterocycles. The second-order valence-corrected chi connectivity index (χ2v) is 5.44. The predicted octanol–water partition coefficient (Wildman–Crippen LogP) is 2.15. The van der Waals surface area contributed by atoms with E-state index >= 15 is 0 Å². The summed E-state index contributed by atoms with van der Waals surface area (Å²) in [4.78, 5) is 2.48. The molecule has 0 bridgehead atoms. The van der Waals surface area contributed by atoms with Crippen LogP contribution in [0.5, 0.6) is 0 Å². The Morgan fingerprint density at radius 2 is 2.32 bits per heavy atom. The molecule has 3 rings (SSSR count). The van der Waals surface area contributed by atoms with Crippen LogP contribution in [0.1, 0.15) is 29.9 Å². The summed E-state index contributed by atoms with van der Waals surface area (Å²) in [6.07, 6.45) is 6.51. The van der Waals surface area contributed by atoms with E-state index < -0.39 is 0 Å². The molecule has 5 heteroatoms. The molecular weight excluding hydrogens is 240 g/mol. The van der Waals surface area contributed by atoms with E-state index in [4.69, 9.17) is 4.52 Å². The minimum atomic E-state index is 0.552. The lowest BCUT2D eigenvalue weighted by Gasteiger charge is -2.23. The molecule has 0 saturated carbocycles. The molecule has 0 aliphatic carbocycles. The highest BCUT2D eigenvalue weighted by atomic mass is 16.5. The Kier molecular flexibility index (Phi) is 3.38. The molecule has 0 aromatic carbocycles. The third-order valence-electron chi connectivity index (χ3n) is 3.70. The van der Waals surface area contributed by atoms with E-state index in [1.807, 2.05) is 23.9 Å². The highest BCUT2D eigenvalue weighted by Gasteiger charge is 2.25. The third-order valence-corrected chi connectivity index (χ3v) is 3.70. The summed E-state index contributed by atoms with van der Waals surface area (Å²) >= 11 is 0. The van der Waals surface area contributed by atoms with E-state index in [1.54, 1.807) is 0 Å². The minimum absolute atomic E-state index is 0.552. The van der Waals surface area contributed by atoms with Crippen LogP contribution in [-0.4, -0.2) is 32.4 Å². The Bertz CT molecular complexity index is 497. The van der Waals surface area contributed by atoms with E-state index in [9.17, 15) is 0 Å². The monoisotopic (exact) mass is 260 g/mol. The van der Waals surface area contributed by atoms with Gasteiger partial charge in [-0.2, -0.15) is 5.10 Å². The van der Waals surface area contributed by atoms with Crippen molar-refractivity contribution >= 4 is 0 Å². The van der Waals surface area contributed by atoms with Gasteiger partial charge in [0.15, 0.2) is 0 Å². The molecule has 1 aliphatic heterocycles. The molecule has 2 aromatic heterocycles. The molecule has 0 amide bonds. The van der Waals surface area contributed by atoms with Crippen molar-refractivity contribution in [2.75, 3.05) is 6.54 Å². The van der Waals surface area contributed by atoms with E-state index in [2.05, 4.69) is 28.3 Å². The number of nitrogens with zero attached hydrogens (tertiary/aromatic N) is 4. The Morgan fingerprint density at radius 1 is 1.42 bits per heavy atom. The normalized spacial score (nSPS) is 20.2. The second kappa shape index (κ2) is 5.17. The van der Waals surface area contributed by atoms with Gasteiger partial charge in [-0.3, -0.25) is 9.58 Å². The van der Waals surface area contributed by atoms with Crippen LogP contribution in [-0.2, 0) is 13.1 Å². The number of hydrogen-bond acceptors (Lipinski definition) is 4. The highest BCUT2D eigenvalue weighted by Crippen LogP contribution is 2.21. The average molecular weight is 260 g/mol. The van der Waals surface area contributed by atoms with Crippen molar-refractivity contribution in [3.8, 4) is 0 Å². The number of rotatable bonds is 4. The average Bonchev–Trinajstić information content (AvgIpc) is 3.06. The van der Waals surface area contributed by atoms with Gasteiger partial charge >= 0.3 is 0 Å². The van der Waals surface area contributed by atoms with E-state index in [0.29, 0.717) is 6.04 Å². The lowest BCUT2D eigenvalue weighted by molar-refractivity contribution is 0.213. The quantitative estimate of drug-likeness (QED) is 0.845. The van der Waals surface area contributed by atoms with Crippen molar-refractivity contribution in [3.05, 3.63) is 35.5 Å². The molecule has 102 valence electrons. The summed E-state index contributed by atoms with van der Waals surface area (Å²) in [6.45, 7) is 6.99. The van der Waals surface area contributed by atoms with Crippen LogP contribution in [0.15, 0.2) is 23.0 Å². The highest BCUT2D eigenvalue weighted by molar-refractivity contribution is 5.04. The van der Waals surface area contributed by atoms with Crippen molar-refractivity contribution in [2.24, 2.45) is 0 Å². The van der Waals surface area contributed by atoms with Crippen LogP contribution < -0.4 is 0 Å². The van der Waals surface area contributed by atoms with Crippen LogP contribution in [0.3, 0.4) is 0 Å². The number of aryl methyl sites for hydroxylation is 2. The van der Waals surface area contributed by atoms with Gasteiger partial charge in [0.2, 0.25) is 0 Å². The summed E-state index contributed by atoms with van der Waals surface area (Å²) in [6, 6.07) is 2.57. The third kappa shape index (κ3) is 2.87. The maximum absolute atomic E-state index is 5.14. The maximum Gasteiger partial charge on any atom is 0.133 e. The predicted molar refractivity (Wildman–Crippen MR) is 71.6 cm³/mol. The molecule has 0 N–H and O–H groups in total. The first-order valence-corrected chi connectivity index (χ1v) is 6.86. The fourth-order valence-electron chi connectivity index (χ4n) is 2.79. The standard InChI is InChI=1S/C14H20N4O/c1-11-7-15-18(8-11)10-14-4-3-5-17(14)9-13-6-12(2)19-16-13/h6-8,14H,3-5,9-10H2,1-2H3. The summed E-state index contributed by atoms with van der Waals surface area (Å²) in [7, 11) is 0. The molecule has 19 heavy (non-hydrogen) atoms. The van der Waals surface area contributed by atoms with E-state index in [0.717, 1.165) is 31.1 Å². The number of hydrogen-bond donors (Lipinski definition) is 0. The zero-order valence-corrected chi connectivity index (χ0v) is 11.5. The first kappa shape index (κ1) is 12.4. The summed E-state index contributed by atoms with van der Waals surface area (Å²) in [5, 5.41) is 8.47. The minimum Gasteiger partial charge on any atom is -0.361 e.